The van der Waals surface area contributed by atoms with Crippen LogP contribution in [0, 0.1) is 0 Å². The molecule has 0 radical (unpaired) electrons. The molecule has 6 heteroatoms. The van der Waals surface area contributed by atoms with Gasteiger partial charge in [-0.15, -0.1) is 0 Å². The molecule has 0 fully saturated rings. The summed E-state index contributed by atoms with van der Waals surface area (Å²) in [5.41, 5.74) is 0. The lowest BCUT2D eigenvalue weighted by Crippen LogP contribution is -1.88. The van der Waals surface area contributed by atoms with Gasteiger partial charge in [0.05, 0.1) is 4.88 Å². The van der Waals surface area contributed by atoms with Crippen molar-refractivity contribution in [1.82, 2.24) is 19.7 Å². The first-order chi connectivity index (χ1) is 5.75. The third-order valence-electron chi connectivity index (χ3n) is 1.34. The van der Waals surface area contributed by atoms with Gasteiger partial charge in [0.1, 0.15) is 6.33 Å². The zero-order valence-corrected chi connectivity index (χ0v) is 7.13. The number of H-pyrrole nitrogens is 1. The van der Waals surface area contributed by atoms with E-state index in [0.29, 0.717) is 5.82 Å². The van der Waals surface area contributed by atoms with E-state index in [1.165, 1.54) is 0 Å². The Hall–Kier alpha value is -1.43. The monoisotopic (exact) mass is 182 g/mol. The quantitative estimate of drug-likeness (QED) is 0.686. The van der Waals surface area contributed by atoms with E-state index in [1.54, 1.807) is 24.3 Å². The highest BCUT2D eigenvalue weighted by Gasteiger charge is 2.04. The Bertz CT molecular complexity index is 440. The number of aromatic amines is 1. The van der Waals surface area contributed by atoms with E-state index in [-0.39, 0.29) is 4.87 Å². The first-order valence-electron chi connectivity index (χ1n) is 3.30. The fourth-order valence-corrected chi connectivity index (χ4v) is 1.47. The minimum Gasteiger partial charge on any atom is -0.319 e. The number of aromatic nitrogens is 4. The van der Waals surface area contributed by atoms with Crippen LogP contribution in [-0.2, 0) is 7.05 Å². The van der Waals surface area contributed by atoms with Crippen molar-refractivity contribution in [3.05, 3.63) is 22.2 Å². The highest BCUT2D eigenvalue weighted by molar-refractivity contribution is 7.12. The lowest BCUT2D eigenvalue weighted by molar-refractivity contribution is 0.768. The molecule has 5 nitrogen and oxygen atoms in total. The van der Waals surface area contributed by atoms with Gasteiger partial charge in [-0.2, -0.15) is 5.10 Å². The molecule has 0 bridgehead atoms. The van der Waals surface area contributed by atoms with E-state index in [2.05, 4.69) is 15.1 Å². The first-order valence-corrected chi connectivity index (χ1v) is 4.12. The maximum absolute atomic E-state index is 10.8. The molecule has 2 aromatic rings. The number of hydrogen-bond acceptors (Lipinski definition) is 4. The average Bonchev–Trinajstić information content (AvgIpc) is 2.58. The standard InChI is InChI=1S/C6H6N4OS/c1-10-3-8-5(9-10)4-2-7-6(11)12-4/h2-3H,1H3,(H,7,11). The summed E-state index contributed by atoms with van der Waals surface area (Å²) in [6.45, 7) is 0. The summed E-state index contributed by atoms with van der Waals surface area (Å²) in [7, 11) is 1.78. The van der Waals surface area contributed by atoms with Crippen molar-refractivity contribution in [2.75, 3.05) is 0 Å². The predicted molar refractivity (Wildman–Crippen MR) is 44.9 cm³/mol. The molecule has 2 heterocycles. The molecule has 0 aliphatic heterocycles. The number of thiazole rings is 1. The van der Waals surface area contributed by atoms with Crippen LogP contribution in [0.25, 0.3) is 10.7 Å². The van der Waals surface area contributed by atoms with E-state index >= 15 is 0 Å². The molecule has 2 rings (SSSR count). The van der Waals surface area contributed by atoms with Crippen molar-refractivity contribution in [2.24, 2.45) is 7.05 Å². The molecular formula is C6H6N4OS. The normalized spacial score (nSPS) is 10.4. The van der Waals surface area contributed by atoms with Crippen molar-refractivity contribution in [2.45, 2.75) is 0 Å². The number of hydrogen-bond donors (Lipinski definition) is 1. The topological polar surface area (TPSA) is 63.6 Å². The molecule has 0 aromatic carbocycles. The van der Waals surface area contributed by atoms with Gasteiger partial charge in [0, 0.05) is 13.2 Å². The molecule has 12 heavy (non-hydrogen) atoms. The third kappa shape index (κ3) is 1.16. The van der Waals surface area contributed by atoms with Gasteiger partial charge >= 0.3 is 4.87 Å². The number of aryl methyl sites for hydroxylation is 1. The van der Waals surface area contributed by atoms with Crippen LogP contribution in [0.1, 0.15) is 0 Å². The molecular weight excluding hydrogens is 176 g/mol. The van der Waals surface area contributed by atoms with Gasteiger partial charge < -0.3 is 4.98 Å². The smallest absolute Gasteiger partial charge is 0.305 e. The van der Waals surface area contributed by atoms with Crippen LogP contribution in [0.15, 0.2) is 17.3 Å². The molecule has 0 amide bonds. The Morgan fingerprint density at radius 3 is 3.00 bits per heavy atom. The summed E-state index contributed by atoms with van der Waals surface area (Å²) in [5, 5.41) is 4.05. The number of nitrogens with one attached hydrogen (secondary N) is 1. The van der Waals surface area contributed by atoms with Gasteiger partial charge in [-0.1, -0.05) is 11.3 Å². The van der Waals surface area contributed by atoms with Crippen molar-refractivity contribution in [3.8, 4) is 10.7 Å². The lowest BCUT2D eigenvalue weighted by atomic mass is 10.5. The van der Waals surface area contributed by atoms with E-state index in [4.69, 9.17) is 0 Å². The van der Waals surface area contributed by atoms with Crippen LogP contribution in [0.2, 0.25) is 0 Å². The predicted octanol–water partition coefficient (Wildman–Crippen LogP) is 0.232. The third-order valence-corrected chi connectivity index (χ3v) is 2.17. The van der Waals surface area contributed by atoms with Crippen LogP contribution >= 0.6 is 11.3 Å². The second kappa shape index (κ2) is 2.56. The highest BCUT2D eigenvalue weighted by atomic mass is 32.1. The van der Waals surface area contributed by atoms with Gasteiger partial charge in [0.25, 0.3) is 0 Å². The van der Waals surface area contributed by atoms with Crippen molar-refractivity contribution in [1.29, 1.82) is 0 Å². The Balaban J connectivity index is 2.50. The summed E-state index contributed by atoms with van der Waals surface area (Å²) >= 11 is 1.10. The van der Waals surface area contributed by atoms with Gasteiger partial charge in [-0.3, -0.25) is 9.48 Å². The summed E-state index contributed by atoms with van der Waals surface area (Å²) in [6.07, 6.45) is 3.21. The Labute approximate surface area is 71.7 Å². The van der Waals surface area contributed by atoms with E-state index in [9.17, 15) is 4.79 Å². The molecule has 0 saturated carbocycles. The van der Waals surface area contributed by atoms with Crippen LogP contribution in [0.5, 0.6) is 0 Å². The minimum absolute atomic E-state index is 0.0857. The molecule has 0 atom stereocenters. The fourth-order valence-electron chi connectivity index (χ4n) is 0.846. The summed E-state index contributed by atoms with van der Waals surface area (Å²) in [5.74, 6) is 0.584. The SMILES string of the molecule is Cn1cnc(-c2c[nH]c(=O)s2)n1. The van der Waals surface area contributed by atoms with Crippen molar-refractivity contribution < 1.29 is 0 Å². The average molecular weight is 182 g/mol. The largest absolute Gasteiger partial charge is 0.319 e. The molecule has 0 aliphatic rings. The molecule has 0 spiro atoms. The van der Waals surface area contributed by atoms with Gasteiger partial charge in [-0.25, -0.2) is 4.98 Å². The summed E-state index contributed by atoms with van der Waals surface area (Å²) in [4.78, 5) is 18.0. The van der Waals surface area contributed by atoms with Crippen LogP contribution in [0.4, 0.5) is 0 Å². The molecule has 0 aliphatic carbocycles. The van der Waals surface area contributed by atoms with E-state index in [0.717, 1.165) is 16.2 Å². The van der Waals surface area contributed by atoms with Crippen LogP contribution in [0.3, 0.4) is 0 Å². The summed E-state index contributed by atoms with van der Waals surface area (Å²) in [6, 6.07) is 0. The maximum atomic E-state index is 10.8. The lowest BCUT2D eigenvalue weighted by Gasteiger charge is -1.83. The second-order valence-corrected chi connectivity index (χ2v) is 3.30. The minimum atomic E-state index is -0.0857. The molecule has 2 aromatic heterocycles. The van der Waals surface area contributed by atoms with E-state index < -0.39 is 0 Å². The van der Waals surface area contributed by atoms with Crippen LogP contribution in [-0.4, -0.2) is 19.7 Å². The number of rotatable bonds is 1. The molecule has 0 saturated heterocycles. The van der Waals surface area contributed by atoms with Crippen molar-refractivity contribution in [3.63, 3.8) is 0 Å². The highest BCUT2D eigenvalue weighted by Crippen LogP contribution is 2.14. The van der Waals surface area contributed by atoms with Gasteiger partial charge in [0.2, 0.25) is 0 Å². The Kier molecular flexibility index (Phi) is 1.54. The summed E-state index contributed by atoms with van der Waals surface area (Å²) < 4.78 is 1.60. The zero-order valence-electron chi connectivity index (χ0n) is 6.31. The van der Waals surface area contributed by atoms with Gasteiger partial charge in [0.15, 0.2) is 5.82 Å². The van der Waals surface area contributed by atoms with Crippen molar-refractivity contribution >= 4 is 11.3 Å². The molecule has 62 valence electrons. The maximum Gasteiger partial charge on any atom is 0.305 e. The zero-order chi connectivity index (χ0) is 8.55. The fraction of sp³-hybridized carbons (Fsp3) is 0.167. The molecule has 0 unspecified atom stereocenters. The van der Waals surface area contributed by atoms with E-state index in [1.807, 2.05) is 0 Å². The van der Waals surface area contributed by atoms with Gasteiger partial charge in [-0.05, 0) is 0 Å². The second-order valence-electron chi connectivity index (χ2n) is 2.28. The number of nitrogens with zero attached hydrogens (tertiary/aromatic N) is 3. The molecule has 1 N–H and O–H groups in total. The Morgan fingerprint density at radius 2 is 2.50 bits per heavy atom. The van der Waals surface area contributed by atoms with Crippen LogP contribution < -0.4 is 4.87 Å². The first kappa shape index (κ1) is 7.23. The Morgan fingerprint density at radius 1 is 1.67 bits per heavy atom.